The molecule has 13 heavy (non-hydrogen) atoms. The summed E-state index contributed by atoms with van der Waals surface area (Å²) in [6, 6.07) is 1.62. The van der Waals surface area contributed by atoms with Gasteiger partial charge in [-0.25, -0.2) is 0 Å². The maximum absolute atomic E-state index is 9.57. The van der Waals surface area contributed by atoms with Gasteiger partial charge in [0, 0.05) is 0 Å². The van der Waals surface area contributed by atoms with Gasteiger partial charge in [-0.05, 0) is 18.6 Å². The van der Waals surface area contributed by atoms with Crippen molar-refractivity contribution in [1.82, 2.24) is 0 Å². The summed E-state index contributed by atoms with van der Waals surface area (Å²) in [7, 11) is 2.92. The van der Waals surface area contributed by atoms with Gasteiger partial charge in [0.1, 0.15) is 0 Å². The van der Waals surface area contributed by atoms with Crippen LogP contribution in [0.3, 0.4) is 0 Å². The summed E-state index contributed by atoms with van der Waals surface area (Å²) in [5.41, 5.74) is 0.655. The number of aryl methyl sites for hydroxylation is 1. The molecule has 72 valence electrons. The topological polar surface area (TPSA) is 38.7 Å². The predicted molar refractivity (Wildman–Crippen MR) is 51.0 cm³/mol. The van der Waals surface area contributed by atoms with Crippen LogP contribution in [-0.2, 0) is 0 Å². The Hall–Kier alpha value is -1.09. The molecule has 1 aromatic carbocycles. The number of hydrogen-bond donors (Lipinski definition) is 1. The first kappa shape index (κ1) is 9.99. The lowest BCUT2D eigenvalue weighted by molar-refractivity contribution is 0.332. The van der Waals surface area contributed by atoms with E-state index in [1.54, 1.807) is 13.0 Å². The smallest absolute Gasteiger partial charge is 0.204 e. The molecule has 0 atom stereocenters. The average Bonchev–Trinajstić information content (AvgIpc) is 2.10. The summed E-state index contributed by atoms with van der Waals surface area (Å²) < 4.78 is 9.96. The van der Waals surface area contributed by atoms with E-state index in [-0.39, 0.29) is 11.5 Å². The van der Waals surface area contributed by atoms with Crippen LogP contribution in [0.4, 0.5) is 0 Å². The third-order valence-corrected chi connectivity index (χ3v) is 2.04. The standard InChI is InChI=1S/C9H11ClO3/c1-5-4-6(10)8(12-2)9(13-3)7(5)11/h4,11H,1-3H3. The van der Waals surface area contributed by atoms with Crippen molar-refractivity contribution in [3.63, 3.8) is 0 Å². The van der Waals surface area contributed by atoms with Crippen molar-refractivity contribution in [3.8, 4) is 17.2 Å². The SMILES string of the molecule is COc1c(Cl)cc(C)c(O)c1OC. The minimum atomic E-state index is 0.0590. The van der Waals surface area contributed by atoms with Gasteiger partial charge in [-0.2, -0.15) is 0 Å². The van der Waals surface area contributed by atoms with Crippen molar-refractivity contribution in [1.29, 1.82) is 0 Å². The third kappa shape index (κ3) is 1.65. The molecule has 0 unspecified atom stereocenters. The molecule has 0 aliphatic carbocycles. The quantitative estimate of drug-likeness (QED) is 0.800. The van der Waals surface area contributed by atoms with Crippen molar-refractivity contribution in [2.45, 2.75) is 6.92 Å². The van der Waals surface area contributed by atoms with Gasteiger partial charge in [-0.15, -0.1) is 0 Å². The number of benzene rings is 1. The first-order chi connectivity index (χ1) is 6.11. The van der Waals surface area contributed by atoms with E-state index in [1.807, 2.05) is 0 Å². The van der Waals surface area contributed by atoms with Crippen LogP contribution in [0.2, 0.25) is 5.02 Å². The summed E-state index contributed by atoms with van der Waals surface area (Å²) in [5.74, 6) is 0.684. The molecular weight excluding hydrogens is 192 g/mol. The van der Waals surface area contributed by atoms with E-state index < -0.39 is 0 Å². The molecule has 0 spiro atoms. The van der Waals surface area contributed by atoms with Gasteiger partial charge >= 0.3 is 0 Å². The lowest BCUT2D eigenvalue weighted by Gasteiger charge is -2.12. The van der Waals surface area contributed by atoms with E-state index in [9.17, 15) is 5.11 Å². The Balaban J connectivity index is 3.41. The molecule has 0 saturated heterocycles. The Morgan fingerprint density at radius 2 is 1.77 bits per heavy atom. The first-order valence-corrected chi connectivity index (χ1v) is 4.09. The lowest BCUT2D eigenvalue weighted by atomic mass is 10.2. The van der Waals surface area contributed by atoms with Crippen molar-refractivity contribution >= 4 is 11.6 Å². The molecule has 0 aliphatic rings. The summed E-state index contributed by atoms with van der Waals surface area (Å²) in [6.45, 7) is 1.74. The highest BCUT2D eigenvalue weighted by Gasteiger charge is 2.15. The Kier molecular flexibility index (Phi) is 2.88. The molecule has 0 aliphatic heterocycles. The zero-order chi connectivity index (χ0) is 10.0. The van der Waals surface area contributed by atoms with Crippen molar-refractivity contribution in [2.24, 2.45) is 0 Å². The number of rotatable bonds is 2. The minimum absolute atomic E-state index is 0.0590. The molecule has 4 heteroatoms. The van der Waals surface area contributed by atoms with E-state index in [4.69, 9.17) is 21.1 Å². The number of hydrogen-bond acceptors (Lipinski definition) is 3. The highest BCUT2D eigenvalue weighted by Crippen LogP contribution is 2.43. The van der Waals surface area contributed by atoms with Gasteiger partial charge in [0.05, 0.1) is 19.2 Å². The van der Waals surface area contributed by atoms with Crippen LogP contribution in [0.1, 0.15) is 5.56 Å². The Bertz CT molecular complexity index is 323. The highest BCUT2D eigenvalue weighted by molar-refractivity contribution is 6.32. The van der Waals surface area contributed by atoms with E-state index >= 15 is 0 Å². The van der Waals surface area contributed by atoms with Crippen LogP contribution in [-0.4, -0.2) is 19.3 Å². The van der Waals surface area contributed by atoms with Gasteiger partial charge in [-0.3, -0.25) is 0 Å². The fourth-order valence-corrected chi connectivity index (χ4v) is 1.43. The Labute approximate surface area is 81.9 Å². The van der Waals surface area contributed by atoms with Gasteiger partial charge in [0.2, 0.25) is 5.75 Å². The Morgan fingerprint density at radius 1 is 1.23 bits per heavy atom. The van der Waals surface area contributed by atoms with E-state index in [0.717, 1.165) is 0 Å². The molecule has 0 bridgehead atoms. The Morgan fingerprint density at radius 3 is 2.23 bits per heavy atom. The fraction of sp³-hybridized carbons (Fsp3) is 0.333. The van der Waals surface area contributed by atoms with Crippen molar-refractivity contribution < 1.29 is 14.6 Å². The van der Waals surface area contributed by atoms with Crippen LogP contribution in [0.15, 0.2) is 6.07 Å². The minimum Gasteiger partial charge on any atom is -0.504 e. The van der Waals surface area contributed by atoms with Gasteiger partial charge in [-0.1, -0.05) is 11.6 Å². The van der Waals surface area contributed by atoms with Crippen LogP contribution in [0.25, 0.3) is 0 Å². The monoisotopic (exact) mass is 202 g/mol. The van der Waals surface area contributed by atoms with E-state index in [1.165, 1.54) is 14.2 Å². The zero-order valence-corrected chi connectivity index (χ0v) is 8.47. The first-order valence-electron chi connectivity index (χ1n) is 3.71. The summed E-state index contributed by atoms with van der Waals surface area (Å²) in [4.78, 5) is 0. The normalized spacial score (nSPS) is 9.85. The second kappa shape index (κ2) is 3.75. The number of methoxy groups -OCH3 is 2. The van der Waals surface area contributed by atoms with Crippen molar-refractivity contribution in [2.75, 3.05) is 14.2 Å². The van der Waals surface area contributed by atoms with Gasteiger partial charge < -0.3 is 14.6 Å². The second-order valence-corrected chi connectivity index (χ2v) is 3.00. The molecule has 0 radical (unpaired) electrons. The second-order valence-electron chi connectivity index (χ2n) is 2.59. The summed E-state index contributed by atoms with van der Waals surface area (Å²) in [5, 5.41) is 10.00. The van der Waals surface area contributed by atoms with Crippen LogP contribution < -0.4 is 9.47 Å². The van der Waals surface area contributed by atoms with Crippen LogP contribution in [0.5, 0.6) is 17.2 Å². The summed E-state index contributed by atoms with van der Waals surface area (Å²) in [6.07, 6.45) is 0. The molecule has 3 nitrogen and oxygen atoms in total. The predicted octanol–water partition coefficient (Wildman–Crippen LogP) is 2.37. The zero-order valence-electron chi connectivity index (χ0n) is 7.72. The molecule has 0 saturated carbocycles. The van der Waals surface area contributed by atoms with E-state index in [2.05, 4.69) is 0 Å². The summed E-state index contributed by atoms with van der Waals surface area (Å²) >= 11 is 5.87. The molecule has 1 aromatic rings. The van der Waals surface area contributed by atoms with Crippen LogP contribution in [0, 0.1) is 6.92 Å². The average molecular weight is 203 g/mol. The highest BCUT2D eigenvalue weighted by atomic mass is 35.5. The molecule has 0 aromatic heterocycles. The third-order valence-electron chi connectivity index (χ3n) is 1.76. The maximum Gasteiger partial charge on any atom is 0.204 e. The van der Waals surface area contributed by atoms with Crippen molar-refractivity contribution in [3.05, 3.63) is 16.7 Å². The number of phenols is 1. The molecule has 1 rings (SSSR count). The number of halogens is 1. The number of phenolic OH excluding ortho intramolecular Hbond substituents is 1. The largest absolute Gasteiger partial charge is 0.504 e. The number of ether oxygens (including phenoxy) is 2. The fourth-order valence-electron chi connectivity index (χ4n) is 1.10. The van der Waals surface area contributed by atoms with E-state index in [0.29, 0.717) is 16.3 Å². The lowest BCUT2D eigenvalue weighted by Crippen LogP contribution is -1.93. The molecule has 1 N–H and O–H groups in total. The molecular formula is C9H11ClO3. The van der Waals surface area contributed by atoms with Crippen LogP contribution >= 0.6 is 11.6 Å². The maximum atomic E-state index is 9.57. The number of aromatic hydroxyl groups is 1. The molecule has 0 amide bonds. The molecule has 0 heterocycles. The van der Waals surface area contributed by atoms with Gasteiger partial charge in [0.15, 0.2) is 11.5 Å². The molecule has 0 fully saturated rings. The van der Waals surface area contributed by atoms with Gasteiger partial charge in [0.25, 0.3) is 0 Å².